The van der Waals surface area contributed by atoms with E-state index in [1.165, 1.54) is 23.4 Å². The monoisotopic (exact) mass is 309 g/mol. The summed E-state index contributed by atoms with van der Waals surface area (Å²) in [5, 5.41) is 26.3. The normalized spacial score (nSPS) is 18.0. The molecule has 1 fully saturated rings. The van der Waals surface area contributed by atoms with E-state index in [2.05, 4.69) is 5.10 Å². The van der Waals surface area contributed by atoms with Gasteiger partial charge in [0.25, 0.3) is 5.69 Å². The number of benzene rings is 1. The van der Waals surface area contributed by atoms with Crippen LogP contribution in [0.5, 0.6) is 0 Å². The standard InChI is InChI=1S/C13H16N4O5/c18-6-5-14-8-12-9-16(13(19)22-12)15-7-10-1-3-11(4-2-10)17(20)21/h1-4,7,12,14,18H,5-6,8-9H2/p+1. The zero-order chi connectivity index (χ0) is 15.9. The number of non-ortho nitro benzene ring substituents is 1. The molecule has 1 heterocycles. The van der Waals surface area contributed by atoms with E-state index >= 15 is 0 Å². The minimum Gasteiger partial charge on any atom is -0.437 e. The highest BCUT2D eigenvalue weighted by Gasteiger charge is 2.32. The number of cyclic esters (lactones) is 1. The van der Waals surface area contributed by atoms with Crippen LogP contribution >= 0.6 is 0 Å². The fraction of sp³-hybridized carbons (Fsp3) is 0.385. The van der Waals surface area contributed by atoms with Gasteiger partial charge in [0, 0.05) is 12.1 Å². The van der Waals surface area contributed by atoms with Crippen molar-refractivity contribution in [2.75, 3.05) is 26.2 Å². The molecule has 0 saturated carbocycles. The second-order valence-electron chi connectivity index (χ2n) is 4.72. The molecule has 9 nitrogen and oxygen atoms in total. The fourth-order valence-corrected chi connectivity index (χ4v) is 1.94. The molecule has 1 aliphatic heterocycles. The Balaban J connectivity index is 1.89. The topological polar surface area (TPSA) is 122 Å². The van der Waals surface area contributed by atoms with E-state index in [9.17, 15) is 14.9 Å². The van der Waals surface area contributed by atoms with Gasteiger partial charge in [0.2, 0.25) is 0 Å². The van der Waals surface area contributed by atoms with Crippen LogP contribution in [0, 0.1) is 10.1 Å². The lowest BCUT2D eigenvalue weighted by Gasteiger charge is -2.05. The number of nitro groups is 1. The summed E-state index contributed by atoms with van der Waals surface area (Å²) in [5.74, 6) is 0. The Morgan fingerprint density at radius 2 is 2.23 bits per heavy atom. The van der Waals surface area contributed by atoms with E-state index in [0.717, 1.165) is 0 Å². The first-order valence-corrected chi connectivity index (χ1v) is 6.79. The highest BCUT2D eigenvalue weighted by molar-refractivity contribution is 5.81. The van der Waals surface area contributed by atoms with Crippen molar-refractivity contribution in [3.05, 3.63) is 39.9 Å². The second-order valence-corrected chi connectivity index (χ2v) is 4.72. The molecule has 2 rings (SSSR count). The molecule has 118 valence electrons. The van der Waals surface area contributed by atoms with Gasteiger partial charge in [0.05, 0.1) is 30.8 Å². The number of quaternary nitrogens is 1. The van der Waals surface area contributed by atoms with Gasteiger partial charge >= 0.3 is 6.09 Å². The molecule has 0 aromatic heterocycles. The molecule has 1 saturated heterocycles. The van der Waals surface area contributed by atoms with Crippen LogP contribution in [0.4, 0.5) is 10.5 Å². The summed E-state index contributed by atoms with van der Waals surface area (Å²) in [7, 11) is 0. The number of nitro benzene ring substituents is 1. The number of aliphatic hydroxyl groups is 1. The molecule has 0 bridgehead atoms. The average Bonchev–Trinajstić information content (AvgIpc) is 2.86. The lowest BCUT2D eigenvalue weighted by Crippen LogP contribution is -2.87. The summed E-state index contributed by atoms with van der Waals surface area (Å²) in [6, 6.07) is 5.84. The van der Waals surface area contributed by atoms with Gasteiger partial charge in [0.15, 0.2) is 6.10 Å². The average molecular weight is 309 g/mol. The van der Waals surface area contributed by atoms with Crippen molar-refractivity contribution in [2.24, 2.45) is 5.10 Å². The van der Waals surface area contributed by atoms with Crippen LogP contribution < -0.4 is 5.32 Å². The number of hydrazone groups is 1. The molecule has 1 unspecified atom stereocenters. The summed E-state index contributed by atoms with van der Waals surface area (Å²) in [6.45, 7) is 1.53. The van der Waals surface area contributed by atoms with E-state index < -0.39 is 11.0 Å². The molecule has 9 heteroatoms. The number of rotatable bonds is 7. The van der Waals surface area contributed by atoms with E-state index in [4.69, 9.17) is 9.84 Å². The minimum atomic E-state index is -0.527. The van der Waals surface area contributed by atoms with Crippen molar-refractivity contribution in [2.45, 2.75) is 6.10 Å². The van der Waals surface area contributed by atoms with Crippen molar-refractivity contribution in [3.8, 4) is 0 Å². The maximum Gasteiger partial charge on any atom is 0.431 e. The largest absolute Gasteiger partial charge is 0.437 e. The van der Waals surface area contributed by atoms with E-state index in [0.29, 0.717) is 25.2 Å². The van der Waals surface area contributed by atoms with Gasteiger partial charge in [-0.2, -0.15) is 10.1 Å². The molecule has 3 N–H and O–H groups in total. The molecule has 1 aromatic rings. The quantitative estimate of drug-likeness (QED) is 0.299. The molecule has 1 amide bonds. The number of hydrogen-bond donors (Lipinski definition) is 2. The summed E-state index contributed by atoms with van der Waals surface area (Å²) in [6.07, 6.45) is 0.652. The number of carbonyl (C=O) groups is 1. The molecule has 0 radical (unpaired) electrons. The summed E-state index contributed by atoms with van der Waals surface area (Å²) in [4.78, 5) is 21.7. The van der Waals surface area contributed by atoms with E-state index in [1.807, 2.05) is 5.32 Å². The van der Waals surface area contributed by atoms with Gasteiger partial charge in [-0.3, -0.25) is 10.1 Å². The van der Waals surface area contributed by atoms with Crippen LogP contribution in [0.25, 0.3) is 0 Å². The van der Waals surface area contributed by atoms with Crippen molar-refractivity contribution < 1.29 is 24.9 Å². The van der Waals surface area contributed by atoms with Gasteiger partial charge in [-0.25, -0.2) is 4.79 Å². The smallest absolute Gasteiger partial charge is 0.431 e. The Morgan fingerprint density at radius 1 is 1.50 bits per heavy atom. The minimum absolute atomic E-state index is 0.00258. The summed E-state index contributed by atoms with van der Waals surface area (Å²) < 4.78 is 5.13. The number of ether oxygens (including phenoxy) is 1. The number of amides is 1. The SMILES string of the molecule is O=C1OC(C[NH2+]CCO)CN1N=Cc1ccc([N+](=O)[O-])cc1. The zero-order valence-corrected chi connectivity index (χ0v) is 11.8. The van der Waals surface area contributed by atoms with Crippen molar-refractivity contribution in [3.63, 3.8) is 0 Å². The van der Waals surface area contributed by atoms with Crippen LogP contribution in [0.2, 0.25) is 0 Å². The predicted octanol–water partition coefficient (Wildman–Crippen LogP) is -0.695. The van der Waals surface area contributed by atoms with E-state index in [1.54, 1.807) is 12.1 Å². The molecule has 1 atom stereocenters. The molecule has 1 aromatic carbocycles. The van der Waals surface area contributed by atoms with Crippen molar-refractivity contribution in [1.29, 1.82) is 0 Å². The van der Waals surface area contributed by atoms with Crippen LogP contribution in [0.3, 0.4) is 0 Å². The third-order valence-electron chi connectivity index (χ3n) is 3.07. The maximum absolute atomic E-state index is 11.6. The Bertz CT molecular complexity index is 560. The lowest BCUT2D eigenvalue weighted by molar-refractivity contribution is -0.661. The Morgan fingerprint density at radius 3 is 2.86 bits per heavy atom. The molecular weight excluding hydrogens is 292 g/mol. The van der Waals surface area contributed by atoms with Crippen LogP contribution in [-0.4, -0.2) is 59.7 Å². The first-order chi connectivity index (χ1) is 10.6. The molecule has 0 aliphatic carbocycles. The van der Waals surface area contributed by atoms with Gasteiger partial charge in [-0.15, -0.1) is 0 Å². The Kier molecular flexibility index (Phi) is 5.39. The Hall–Kier alpha value is -2.52. The summed E-state index contributed by atoms with van der Waals surface area (Å²) >= 11 is 0. The second kappa shape index (κ2) is 7.48. The predicted molar refractivity (Wildman–Crippen MR) is 76.4 cm³/mol. The third kappa shape index (κ3) is 4.24. The van der Waals surface area contributed by atoms with Crippen molar-refractivity contribution >= 4 is 18.0 Å². The molecule has 0 spiro atoms. The van der Waals surface area contributed by atoms with E-state index in [-0.39, 0.29) is 18.4 Å². The molecular formula is C13H17N4O5+. The molecule has 22 heavy (non-hydrogen) atoms. The number of nitrogens with zero attached hydrogens (tertiary/aromatic N) is 3. The highest BCUT2D eigenvalue weighted by atomic mass is 16.6. The van der Waals surface area contributed by atoms with Crippen LogP contribution in [0.1, 0.15) is 5.56 Å². The zero-order valence-electron chi connectivity index (χ0n) is 11.8. The van der Waals surface area contributed by atoms with Crippen molar-refractivity contribution in [1.82, 2.24) is 5.01 Å². The first kappa shape index (κ1) is 15.9. The van der Waals surface area contributed by atoms with Crippen LogP contribution in [0.15, 0.2) is 29.4 Å². The lowest BCUT2D eigenvalue weighted by atomic mass is 10.2. The van der Waals surface area contributed by atoms with Gasteiger partial charge in [0.1, 0.15) is 6.54 Å². The van der Waals surface area contributed by atoms with Crippen LogP contribution in [-0.2, 0) is 4.74 Å². The number of carbonyl (C=O) groups excluding carboxylic acids is 1. The van der Waals surface area contributed by atoms with Gasteiger partial charge < -0.3 is 15.2 Å². The maximum atomic E-state index is 11.6. The number of aliphatic hydroxyl groups excluding tert-OH is 1. The first-order valence-electron chi connectivity index (χ1n) is 6.79. The Labute approximate surface area is 126 Å². The number of hydrogen-bond acceptors (Lipinski definition) is 6. The third-order valence-corrected chi connectivity index (χ3v) is 3.07. The van der Waals surface area contributed by atoms with Gasteiger partial charge in [-0.05, 0) is 17.7 Å². The van der Waals surface area contributed by atoms with Gasteiger partial charge in [-0.1, -0.05) is 0 Å². The fourth-order valence-electron chi connectivity index (χ4n) is 1.94. The highest BCUT2D eigenvalue weighted by Crippen LogP contribution is 2.12. The molecule has 1 aliphatic rings. The number of nitrogens with two attached hydrogens (primary N) is 1. The summed E-state index contributed by atoms with van der Waals surface area (Å²) in [5.41, 5.74) is 0.644.